The topological polar surface area (TPSA) is 86.8 Å². The van der Waals surface area contributed by atoms with E-state index in [2.05, 4.69) is 5.32 Å². The SMILES string of the molecule is CC[C@H](C)NC(=O)[C@H](Cc1ccccc1)N(Cc1cccc(C)c1)C(=O)CCCN(c1cccc(Cl)c1C)S(C)(=O)=O. The number of carbonyl (C=O) groups excluding carboxylic acids is 2. The molecule has 1 N–H and O–H groups in total. The number of carbonyl (C=O) groups is 2. The first-order valence-electron chi connectivity index (χ1n) is 14.3. The predicted molar refractivity (Wildman–Crippen MR) is 171 cm³/mol. The zero-order chi connectivity index (χ0) is 30.9. The van der Waals surface area contributed by atoms with Crippen molar-refractivity contribution in [2.75, 3.05) is 17.1 Å². The third-order valence-corrected chi connectivity index (χ3v) is 8.96. The lowest BCUT2D eigenvalue weighted by Crippen LogP contribution is -2.52. The zero-order valence-corrected chi connectivity index (χ0v) is 26.7. The molecule has 0 unspecified atom stereocenters. The van der Waals surface area contributed by atoms with E-state index in [9.17, 15) is 18.0 Å². The lowest BCUT2D eigenvalue weighted by Gasteiger charge is -2.33. The minimum atomic E-state index is -3.63. The lowest BCUT2D eigenvalue weighted by molar-refractivity contribution is -0.141. The van der Waals surface area contributed by atoms with Gasteiger partial charge in [0.15, 0.2) is 0 Å². The van der Waals surface area contributed by atoms with Gasteiger partial charge in [-0.25, -0.2) is 8.42 Å². The highest BCUT2D eigenvalue weighted by atomic mass is 35.5. The van der Waals surface area contributed by atoms with Gasteiger partial charge in [0.25, 0.3) is 0 Å². The van der Waals surface area contributed by atoms with E-state index in [-0.39, 0.29) is 43.8 Å². The molecule has 3 rings (SSSR count). The predicted octanol–water partition coefficient (Wildman–Crippen LogP) is 6.06. The van der Waals surface area contributed by atoms with Crippen molar-refractivity contribution in [1.82, 2.24) is 10.2 Å². The summed E-state index contributed by atoms with van der Waals surface area (Å²) in [6.07, 6.45) is 2.61. The van der Waals surface area contributed by atoms with Crippen molar-refractivity contribution < 1.29 is 18.0 Å². The van der Waals surface area contributed by atoms with Gasteiger partial charge in [0.2, 0.25) is 21.8 Å². The van der Waals surface area contributed by atoms with Crippen molar-refractivity contribution in [1.29, 1.82) is 0 Å². The summed E-state index contributed by atoms with van der Waals surface area (Å²) in [5.41, 5.74) is 4.07. The fourth-order valence-electron chi connectivity index (χ4n) is 4.85. The number of hydrogen-bond acceptors (Lipinski definition) is 4. The minimum absolute atomic E-state index is 0.0454. The van der Waals surface area contributed by atoms with Gasteiger partial charge in [-0.05, 0) is 62.4 Å². The Kier molecular flexibility index (Phi) is 12.0. The molecule has 0 heterocycles. The fraction of sp³-hybridized carbons (Fsp3) is 0.394. The van der Waals surface area contributed by atoms with Crippen LogP contribution in [0.3, 0.4) is 0 Å². The van der Waals surface area contributed by atoms with Gasteiger partial charge < -0.3 is 10.2 Å². The first-order valence-corrected chi connectivity index (χ1v) is 16.6. The van der Waals surface area contributed by atoms with E-state index in [1.807, 2.05) is 75.4 Å². The van der Waals surface area contributed by atoms with Gasteiger partial charge in [-0.15, -0.1) is 0 Å². The Bertz CT molecular complexity index is 1460. The number of amides is 2. The van der Waals surface area contributed by atoms with Crippen LogP contribution in [0.5, 0.6) is 0 Å². The summed E-state index contributed by atoms with van der Waals surface area (Å²) in [7, 11) is -3.63. The van der Waals surface area contributed by atoms with Crippen molar-refractivity contribution >= 4 is 39.1 Å². The molecule has 2 atom stereocenters. The Morgan fingerprint density at radius 1 is 0.952 bits per heavy atom. The minimum Gasteiger partial charge on any atom is -0.352 e. The van der Waals surface area contributed by atoms with Gasteiger partial charge in [0, 0.05) is 37.0 Å². The highest BCUT2D eigenvalue weighted by Crippen LogP contribution is 2.28. The van der Waals surface area contributed by atoms with Crippen LogP contribution in [0.2, 0.25) is 5.02 Å². The van der Waals surface area contributed by atoms with E-state index in [4.69, 9.17) is 11.6 Å². The first-order chi connectivity index (χ1) is 19.9. The molecule has 0 fully saturated rings. The molecule has 0 aromatic heterocycles. The van der Waals surface area contributed by atoms with Crippen LogP contribution in [0.25, 0.3) is 0 Å². The average Bonchev–Trinajstić information content (AvgIpc) is 2.94. The van der Waals surface area contributed by atoms with Crippen LogP contribution < -0.4 is 9.62 Å². The molecule has 3 aromatic carbocycles. The molecule has 0 saturated carbocycles. The molecule has 2 amide bonds. The van der Waals surface area contributed by atoms with E-state index in [0.29, 0.717) is 22.7 Å². The Morgan fingerprint density at radius 3 is 2.26 bits per heavy atom. The first kappa shape index (κ1) is 33.1. The van der Waals surface area contributed by atoms with Crippen molar-refractivity contribution in [3.05, 3.63) is 100 Å². The van der Waals surface area contributed by atoms with Gasteiger partial charge in [-0.3, -0.25) is 13.9 Å². The van der Waals surface area contributed by atoms with E-state index >= 15 is 0 Å². The molecule has 0 aliphatic heterocycles. The molecule has 3 aromatic rings. The second-order valence-electron chi connectivity index (χ2n) is 10.9. The average molecular weight is 612 g/mol. The van der Waals surface area contributed by atoms with E-state index < -0.39 is 16.1 Å². The second-order valence-corrected chi connectivity index (χ2v) is 13.2. The van der Waals surface area contributed by atoms with E-state index in [1.54, 1.807) is 30.0 Å². The van der Waals surface area contributed by atoms with Crippen LogP contribution in [0.1, 0.15) is 55.4 Å². The van der Waals surface area contributed by atoms with Crippen LogP contribution in [0.15, 0.2) is 72.8 Å². The molecule has 226 valence electrons. The molecular formula is C33H42ClN3O4S. The summed E-state index contributed by atoms with van der Waals surface area (Å²) in [6.45, 7) is 8.07. The highest BCUT2D eigenvalue weighted by molar-refractivity contribution is 7.92. The molecule has 0 saturated heterocycles. The van der Waals surface area contributed by atoms with Gasteiger partial charge in [-0.2, -0.15) is 0 Å². The molecular weight excluding hydrogens is 570 g/mol. The number of hydrogen-bond donors (Lipinski definition) is 1. The zero-order valence-electron chi connectivity index (χ0n) is 25.1. The lowest BCUT2D eigenvalue weighted by atomic mass is 10.0. The molecule has 0 bridgehead atoms. The summed E-state index contributed by atoms with van der Waals surface area (Å²) in [5.74, 6) is -0.422. The van der Waals surface area contributed by atoms with Gasteiger partial charge in [0.05, 0.1) is 11.9 Å². The van der Waals surface area contributed by atoms with Crippen LogP contribution in [0.4, 0.5) is 5.69 Å². The quantitative estimate of drug-likeness (QED) is 0.240. The number of halogens is 1. The summed E-state index contributed by atoms with van der Waals surface area (Å²) >= 11 is 6.28. The Hall–Kier alpha value is -3.36. The smallest absolute Gasteiger partial charge is 0.243 e. The summed E-state index contributed by atoms with van der Waals surface area (Å²) < 4.78 is 26.8. The molecule has 0 aliphatic carbocycles. The summed E-state index contributed by atoms with van der Waals surface area (Å²) in [5, 5.41) is 3.55. The number of aryl methyl sites for hydroxylation is 1. The van der Waals surface area contributed by atoms with E-state index in [0.717, 1.165) is 29.4 Å². The number of rotatable bonds is 14. The van der Waals surface area contributed by atoms with Crippen molar-refractivity contribution in [3.8, 4) is 0 Å². The molecule has 0 radical (unpaired) electrons. The third kappa shape index (κ3) is 9.33. The third-order valence-electron chi connectivity index (χ3n) is 7.37. The van der Waals surface area contributed by atoms with Gasteiger partial charge in [0.1, 0.15) is 6.04 Å². The molecule has 0 spiro atoms. The fourth-order valence-corrected chi connectivity index (χ4v) is 6.04. The second kappa shape index (κ2) is 15.2. The standard InChI is InChI=1S/C33H42ClN3O4S/c1-6-25(3)35-33(39)31(22-27-14-8-7-9-15-27)36(23-28-16-10-13-24(2)21-28)32(38)19-12-20-37(42(5,40)41)30-18-11-17-29(34)26(30)4/h7-11,13-18,21,25,31H,6,12,19-20,22-23H2,1-5H3,(H,35,39)/t25-,31-/m0/s1. The maximum absolute atomic E-state index is 14.0. The summed E-state index contributed by atoms with van der Waals surface area (Å²) in [4.78, 5) is 29.3. The Morgan fingerprint density at radius 2 is 1.62 bits per heavy atom. The molecule has 9 heteroatoms. The number of anilines is 1. The monoisotopic (exact) mass is 611 g/mol. The molecule has 0 aliphatic rings. The maximum atomic E-state index is 14.0. The maximum Gasteiger partial charge on any atom is 0.243 e. The normalized spacial score (nSPS) is 12.8. The van der Waals surface area contributed by atoms with Crippen LogP contribution in [0, 0.1) is 13.8 Å². The highest BCUT2D eigenvalue weighted by Gasteiger charge is 2.31. The number of sulfonamides is 1. The number of nitrogens with zero attached hydrogens (tertiary/aromatic N) is 2. The number of nitrogens with one attached hydrogen (secondary N) is 1. The van der Waals surface area contributed by atoms with E-state index in [1.165, 1.54) is 4.31 Å². The Labute approximate surface area is 255 Å². The van der Waals surface area contributed by atoms with Gasteiger partial charge >= 0.3 is 0 Å². The van der Waals surface area contributed by atoms with Crippen molar-refractivity contribution in [2.24, 2.45) is 0 Å². The van der Waals surface area contributed by atoms with Crippen molar-refractivity contribution in [2.45, 2.75) is 72.0 Å². The molecule has 7 nitrogen and oxygen atoms in total. The van der Waals surface area contributed by atoms with Crippen molar-refractivity contribution in [3.63, 3.8) is 0 Å². The number of benzene rings is 3. The Balaban J connectivity index is 1.91. The van der Waals surface area contributed by atoms with Crippen LogP contribution >= 0.6 is 11.6 Å². The largest absolute Gasteiger partial charge is 0.352 e. The molecule has 42 heavy (non-hydrogen) atoms. The van der Waals surface area contributed by atoms with Gasteiger partial charge in [-0.1, -0.05) is 84.8 Å². The van der Waals surface area contributed by atoms with Crippen LogP contribution in [-0.4, -0.2) is 50.0 Å². The van der Waals surface area contributed by atoms with Crippen LogP contribution in [-0.2, 0) is 32.6 Å². The summed E-state index contributed by atoms with van der Waals surface area (Å²) in [6, 6.07) is 21.9.